The lowest BCUT2D eigenvalue weighted by Crippen LogP contribution is -2.47. The van der Waals surface area contributed by atoms with Gasteiger partial charge in [0, 0.05) is 18.0 Å². The Balaban J connectivity index is 1.80. The third-order valence-corrected chi connectivity index (χ3v) is 4.74. The Labute approximate surface area is 137 Å². The van der Waals surface area contributed by atoms with Crippen LogP contribution in [0.1, 0.15) is 44.8 Å². The van der Waals surface area contributed by atoms with Crippen molar-refractivity contribution in [1.82, 2.24) is 10.2 Å². The number of para-hydroxylation sites is 1. The fraction of sp³-hybridized carbons (Fsp3) is 0.526. The lowest BCUT2D eigenvalue weighted by molar-refractivity contribution is -0.135. The molecule has 1 atom stereocenters. The third kappa shape index (κ3) is 3.42. The molecule has 4 heteroatoms. The number of piperidine rings is 1. The van der Waals surface area contributed by atoms with Crippen LogP contribution in [0.25, 0.3) is 11.0 Å². The van der Waals surface area contributed by atoms with Crippen molar-refractivity contribution >= 4 is 16.9 Å². The van der Waals surface area contributed by atoms with Crippen molar-refractivity contribution < 1.29 is 9.21 Å². The summed E-state index contributed by atoms with van der Waals surface area (Å²) >= 11 is 0. The Morgan fingerprint density at radius 3 is 2.78 bits per heavy atom. The molecule has 1 aromatic carbocycles. The maximum Gasteiger partial charge on any atom is 0.233 e. The van der Waals surface area contributed by atoms with Crippen molar-refractivity contribution in [3.63, 3.8) is 0 Å². The summed E-state index contributed by atoms with van der Waals surface area (Å²) in [7, 11) is 0. The first-order valence-corrected chi connectivity index (χ1v) is 8.70. The molecule has 3 rings (SSSR count). The smallest absolute Gasteiger partial charge is 0.233 e. The summed E-state index contributed by atoms with van der Waals surface area (Å²) in [5, 5.41) is 4.43. The van der Waals surface area contributed by atoms with Crippen LogP contribution < -0.4 is 5.32 Å². The van der Waals surface area contributed by atoms with Crippen LogP contribution in [0, 0.1) is 0 Å². The fourth-order valence-electron chi connectivity index (χ4n) is 3.42. The summed E-state index contributed by atoms with van der Waals surface area (Å²) in [5.74, 6) is 0.730. The van der Waals surface area contributed by atoms with Gasteiger partial charge in [-0.05, 0) is 51.4 Å². The zero-order valence-electron chi connectivity index (χ0n) is 14.0. The average molecular weight is 314 g/mol. The predicted molar refractivity (Wildman–Crippen MR) is 92.5 cm³/mol. The van der Waals surface area contributed by atoms with Crippen molar-refractivity contribution in [2.24, 2.45) is 0 Å². The molecular weight excluding hydrogens is 288 g/mol. The molecule has 1 aliphatic heterocycles. The molecule has 1 unspecified atom stereocenters. The van der Waals surface area contributed by atoms with Gasteiger partial charge < -0.3 is 14.6 Å². The molecule has 2 aromatic rings. The molecule has 0 aliphatic carbocycles. The van der Waals surface area contributed by atoms with Gasteiger partial charge >= 0.3 is 0 Å². The van der Waals surface area contributed by atoms with Crippen LogP contribution >= 0.6 is 0 Å². The van der Waals surface area contributed by atoms with Gasteiger partial charge in [0.2, 0.25) is 5.91 Å². The van der Waals surface area contributed by atoms with Gasteiger partial charge in [0.1, 0.15) is 11.3 Å². The van der Waals surface area contributed by atoms with Gasteiger partial charge in [-0.15, -0.1) is 0 Å². The zero-order valence-corrected chi connectivity index (χ0v) is 14.0. The largest absolute Gasteiger partial charge is 0.460 e. The molecule has 23 heavy (non-hydrogen) atoms. The van der Waals surface area contributed by atoms with Gasteiger partial charge in [0.05, 0.1) is 5.92 Å². The Hall–Kier alpha value is -1.81. The topological polar surface area (TPSA) is 45.5 Å². The van der Waals surface area contributed by atoms with Gasteiger partial charge in [0.15, 0.2) is 0 Å². The number of amides is 1. The Bertz CT molecular complexity index is 625. The molecule has 1 fully saturated rings. The summed E-state index contributed by atoms with van der Waals surface area (Å²) in [5.41, 5.74) is 0.853. The van der Waals surface area contributed by atoms with Gasteiger partial charge in [-0.3, -0.25) is 4.79 Å². The molecule has 1 amide bonds. The second kappa shape index (κ2) is 7.18. The molecular formula is C19H26N2O2. The van der Waals surface area contributed by atoms with Gasteiger partial charge in [0.25, 0.3) is 0 Å². The number of carbonyl (C=O) groups is 1. The van der Waals surface area contributed by atoms with Gasteiger partial charge in [-0.2, -0.15) is 0 Å². The van der Waals surface area contributed by atoms with Crippen molar-refractivity contribution in [1.29, 1.82) is 0 Å². The normalized spacial score (nSPS) is 17.3. The molecule has 1 saturated heterocycles. The maximum absolute atomic E-state index is 13.1. The maximum atomic E-state index is 13.1. The van der Waals surface area contributed by atoms with Gasteiger partial charge in [-0.1, -0.05) is 25.1 Å². The van der Waals surface area contributed by atoms with E-state index in [-0.39, 0.29) is 11.8 Å². The number of furan rings is 1. The highest BCUT2D eigenvalue weighted by Gasteiger charge is 2.30. The van der Waals surface area contributed by atoms with Crippen molar-refractivity contribution in [3.8, 4) is 0 Å². The molecule has 2 heterocycles. The highest BCUT2D eigenvalue weighted by molar-refractivity contribution is 5.85. The number of carbonyl (C=O) groups excluding carboxylic acids is 1. The molecule has 0 radical (unpaired) electrons. The first kappa shape index (κ1) is 16.1. The number of hydrogen-bond acceptors (Lipinski definition) is 3. The Morgan fingerprint density at radius 2 is 2.09 bits per heavy atom. The van der Waals surface area contributed by atoms with E-state index in [9.17, 15) is 4.79 Å². The minimum absolute atomic E-state index is 0.192. The lowest BCUT2D eigenvalue weighted by Gasteiger charge is -2.35. The monoisotopic (exact) mass is 314 g/mol. The first-order chi connectivity index (χ1) is 11.2. The van der Waals surface area contributed by atoms with E-state index in [1.54, 1.807) is 0 Å². The number of nitrogens with one attached hydrogen (secondary N) is 1. The van der Waals surface area contributed by atoms with Crippen LogP contribution in [-0.4, -0.2) is 36.5 Å². The summed E-state index contributed by atoms with van der Waals surface area (Å²) in [6.07, 6.45) is 3.07. The number of rotatable bonds is 5. The predicted octanol–water partition coefficient (Wildman–Crippen LogP) is 3.53. The average Bonchev–Trinajstić information content (AvgIpc) is 3.03. The number of nitrogens with zero attached hydrogens (tertiary/aromatic N) is 1. The second-order valence-electron chi connectivity index (χ2n) is 6.42. The van der Waals surface area contributed by atoms with E-state index in [1.165, 1.54) is 0 Å². The van der Waals surface area contributed by atoms with Crippen LogP contribution in [-0.2, 0) is 4.79 Å². The van der Waals surface area contributed by atoms with E-state index < -0.39 is 0 Å². The molecule has 4 nitrogen and oxygen atoms in total. The van der Waals surface area contributed by atoms with Crippen LogP contribution in [0.15, 0.2) is 34.7 Å². The van der Waals surface area contributed by atoms with E-state index in [0.717, 1.165) is 55.6 Å². The molecule has 124 valence electrons. The summed E-state index contributed by atoms with van der Waals surface area (Å²) < 4.78 is 5.91. The molecule has 0 spiro atoms. The van der Waals surface area contributed by atoms with E-state index >= 15 is 0 Å². The van der Waals surface area contributed by atoms with E-state index in [4.69, 9.17) is 4.42 Å². The number of fused-ring (bicyclic) bond motifs is 1. The van der Waals surface area contributed by atoms with Crippen LogP contribution in [0.2, 0.25) is 0 Å². The zero-order chi connectivity index (χ0) is 16.2. The molecule has 0 saturated carbocycles. The quantitative estimate of drug-likeness (QED) is 0.918. The van der Waals surface area contributed by atoms with Crippen LogP contribution in [0.4, 0.5) is 0 Å². The molecule has 0 bridgehead atoms. The summed E-state index contributed by atoms with van der Waals surface area (Å²) in [6.45, 7) is 6.92. The minimum Gasteiger partial charge on any atom is -0.460 e. The summed E-state index contributed by atoms with van der Waals surface area (Å²) in [6, 6.07) is 10.3. The van der Waals surface area contributed by atoms with Crippen LogP contribution in [0.3, 0.4) is 0 Å². The second-order valence-corrected chi connectivity index (χ2v) is 6.42. The molecule has 1 N–H and O–H groups in total. The Kier molecular flexibility index (Phi) is 5.01. The summed E-state index contributed by atoms with van der Waals surface area (Å²) in [4.78, 5) is 15.1. The van der Waals surface area contributed by atoms with Gasteiger partial charge in [-0.25, -0.2) is 0 Å². The molecule has 1 aliphatic rings. The van der Waals surface area contributed by atoms with E-state index in [0.29, 0.717) is 6.04 Å². The van der Waals surface area contributed by atoms with E-state index in [1.807, 2.05) is 37.3 Å². The number of benzene rings is 1. The first-order valence-electron chi connectivity index (χ1n) is 8.70. The van der Waals surface area contributed by atoms with E-state index in [2.05, 4.69) is 17.1 Å². The Morgan fingerprint density at radius 1 is 1.35 bits per heavy atom. The van der Waals surface area contributed by atoms with Crippen molar-refractivity contribution in [2.75, 3.05) is 19.6 Å². The minimum atomic E-state index is -0.233. The highest BCUT2D eigenvalue weighted by Crippen LogP contribution is 2.27. The SMILES string of the molecule is CCCN(C(=O)C(C)c1cc2ccccc2o1)C1CCNCC1. The fourth-order valence-corrected chi connectivity index (χ4v) is 3.42. The van der Waals surface area contributed by atoms with Crippen LogP contribution in [0.5, 0.6) is 0 Å². The third-order valence-electron chi connectivity index (χ3n) is 4.74. The van der Waals surface area contributed by atoms with Crippen molar-refractivity contribution in [3.05, 3.63) is 36.1 Å². The molecule has 1 aromatic heterocycles. The highest BCUT2D eigenvalue weighted by atomic mass is 16.3. The standard InChI is InChI=1S/C19H26N2O2/c1-3-12-21(16-8-10-20-11-9-16)19(22)14(2)18-13-15-6-4-5-7-17(15)23-18/h4-7,13-14,16,20H,3,8-12H2,1-2H3. The lowest BCUT2D eigenvalue weighted by atomic mass is 10.0. The van der Waals surface area contributed by atoms with Crippen molar-refractivity contribution in [2.45, 2.75) is 45.1 Å². The number of hydrogen-bond donors (Lipinski definition) is 1.